The highest BCUT2D eigenvalue weighted by Crippen LogP contribution is 2.29. The lowest BCUT2D eigenvalue weighted by Gasteiger charge is -2.29. The van der Waals surface area contributed by atoms with Crippen LogP contribution in [0.4, 0.5) is 5.69 Å². The lowest BCUT2D eigenvalue weighted by atomic mass is 10.00. The van der Waals surface area contributed by atoms with Gasteiger partial charge in [-0.05, 0) is 18.1 Å². The molecular weight excluding hydrogens is 318 g/mol. The fourth-order valence-corrected chi connectivity index (χ4v) is 3.32. The highest BCUT2D eigenvalue weighted by molar-refractivity contribution is 5.77. The molecule has 25 heavy (non-hydrogen) atoms. The number of hydrogen-bond donors (Lipinski definition) is 1. The summed E-state index contributed by atoms with van der Waals surface area (Å²) in [6.45, 7) is 3.64. The normalized spacial score (nSPS) is 18.4. The summed E-state index contributed by atoms with van der Waals surface area (Å²) in [5.74, 6) is 0.0344. The van der Waals surface area contributed by atoms with Crippen LogP contribution in [0.5, 0.6) is 0 Å². The average Bonchev–Trinajstić information content (AvgIpc) is 2.79. The Hall–Kier alpha value is -2.73. The summed E-state index contributed by atoms with van der Waals surface area (Å²) in [6, 6.07) is 15.1. The van der Waals surface area contributed by atoms with E-state index in [1.165, 1.54) is 6.07 Å². The van der Waals surface area contributed by atoms with Gasteiger partial charge in [-0.1, -0.05) is 42.5 Å². The van der Waals surface area contributed by atoms with Crippen LogP contribution >= 0.6 is 0 Å². The number of carbonyl (C=O) groups is 1. The van der Waals surface area contributed by atoms with Crippen LogP contribution in [0.3, 0.4) is 0 Å². The van der Waals surface area contributed by atoms with Gasteiger partial charge in [-0.3, -0.25) is 19.8 Å². The molecule has 1 N–H and O–H groups in total. The van der Waals surface area contributed by atoms with E-state index in [9.17, 15) is 14.9 Å². The van der Waals surface area contributed by atoms with Gasteiger partial charge in [0.25, 0.3) is 5.69 Å². The number of nitro benzene ring substituents is 1. The molecule has 6 nitrogen and oxygen atoms in total. The van der Waals surface area contributed by atoms with Crippen molar-refractivity contribution in [3.63, 3.8) is 0 Å². The maximum atomic E-state index is 12.0. The number of nitrogens with one attached hydrogen (secondary N) is 1. The topological polar surface area (TPSA) is 75.5 Å². The summed E-state index contributed by atoms with van der Waals surface area (Å²) >= 11 is 0. The molecule has 1 amide bonds. The maximum absolute atomic E-state index is 12.0. The Morgan fingerprint density at radius 2 is 1.96 bits per heavy atom. The first-order chi connectivity index (χ1) is 12.1. The molecule has 130 valence electrons. The van der Waals surface area contributed by atoms with Crippen molar-refractivity contribution in [1.82, 2.24) is 10.2 Å². The van der Waals surface area contributed by atoms with Gasteiger partial charge in [0.2, 0.25) is 5.91 Å². The maximum Gasteiger partial charge on any atom is 0.272 e. The fraction of sp³-hybridized carbons (Fsp3) is 0.316. The first kappa shape index (κ1) is 17.1. The predicted octanol–water partition coefficient (Wildman–Crippen LogP) is 2.97. The van der Waals surface area contributed by atoms with E-state index >= 15 is 0 Å². The number of rotatable bonds is 4. The molecule has 2 aromatic rings. The van der Waals surface area contributed by atoms with Gasteiger partial charge in [-0.2, -0.15) is 0 Å². The van der Waals surface area contributed by atoms with Gasteiger partial charge in [-0.25, -0.2) is 0 Å². The zero-order chi connectivity index (χ0) is 17.8. The van der Waals surface area contributed by atoms with Crippen molar-refractivity contribution < 1.29 is 9.72 Å². The lowest BCUT2D eigenvalue weighted by Crippen LogP contribution is -2.30. The van der Waals surface area contributed by atoms with Gasteiger partial charge < -0.3 is 5.32 Å². The van der Waals surface area contributed by atoms with Crippen LogP contribution in [0.1, 0.15) is 29.2 Å². The van der Waals surface area contributed by atoms with E-state index in [2.05, 4.69) is 10.2 Å². The average molecular weight is 339 g/mol. The third-order valence-corrected chi connectivity index (χ3v) is 4.71. The van der Waals surface area contributed by atoms with E-state index in [1.54, 1.807) is 13.0 Å². The van der Waals surface area contributed by atoms with Crippen molar-refractivity contribution in [1.29, 1.82) is 0 Å². The molecule has 1 atom stereocenters. The Bertz CT molecular complexity index is 777. The Kier molecular flexibility index (Phi) is 5.09. The summed E-state index contributed by atoms with van der Waals surface area (Å²) in [5.41, 5.74) is 2.83. The summed E-state index contributed by atoms with van der Waals surface area (Å²) in [7, 11) is 0. The molecular formula is C19H21N3O3. The second-order valence-corrected chi connectivity index (χ2v) is 6.27. The third kappa shape index (κ3) is 3.85. The van der Waals surface area contributed by atoms with E-state index < -0.39 is 0 Å². The largest absolute Gasteiger partial charge is 0.355 e. The molecule has 0 saturated carbocycles. The van der Waals surface area contributed by atoms with Crippen LogP contribution in [-0.4, -0.2) is 28.8 Å². The molecule has 0 aliphatic carbocycles. The van der Waals surface area contributed by atoms with Crippen LogP contribution in [0.2, 0.25) is 0 Å². The molecule has 0 spiro atoms. The van der Waals surface area contributed by atoms with Crippen molar-refractivity contribution in [2.75, 3.05) is 13.1 Å². The molecule has 0 bridgehead atoms. The van der Waals surface area contributed by atoms with Crippen LogP contribution in [0.25, 0.3) is 0 Å². The summed E-state index contributed by atoms with van der Waals surface area (Å²) in [5, 5.41) is 14.1. The van der Waals surface area contributed by atoms with E-state index in [0.717, 1.165) is 11.1 Å². The molecule has 0 aromatic heterocycles. The van der Waals surface area contributed by atoms with Gasteiger partial charge in [0.1, 0.15) is 0 Å². The predicted molar refractivity (Wildman–Crippen MR) is 95.1 cm³/mol. The van der Waals surface area contributed by atoms with Crippen LogP contribution in [0.15, 0.2) is 48.5 Å². The number of nitro groups is 1. The highest BCUT2D eigenvalue weighted by Gasteiger charge is 2.27. The number of benzene rings is 2. The van der Waals surface area contributed by atoms with E-state index in [4.69, 9.17) is 0 Å². The molecule has 1 aliphatic rings. The minimum atomic E-state index is -0.346. The Balaban J connectivity index is 1.92. The first-order valence-corrected chi connectivity index (χ1v) is 8.35. The van der Waals surface area contributed by atoms with Gasteiger partial charge >= 0.3 is 0 Å². The summed E-state index contributed by atoms with van der Waals surface area (Å²) in [6.07, 6.45) is 0.387. The fourth-order valence-electron chi connectivity index (χ4n) is 3.32. The molecule has 0 unspecified atom stereocenters. The van der Waals surface area contributed by atoms with Crippen LogP contribution in [-0.2, 0) is 11.3 Å². The number of amides is 1. The van der Waals surface area contributed by atoms with Gasteiger partial charge in [0, 0.05) is 43.7 Å². The smallest absolute Gasteiger partial charge is 0.272 e. The number of hydrogen-bond acceptors (Lipinski definition) is 4. The monoisotopic (exact) mass is 339 g/mol. The van der Waals surface area contributed by atoms with Gasteiger partial charge in [-0.15, -0.1) is 0 Å². The number of carbonyl (C=O) groups excluding carboxylic acids is 1. The van der Waals surface area contributed by atoms with Crippen molar-refractivity contribution in [3.8, 4) is 0 Å². The number of nitrogens with zero attached hydrogens (tertiary/aromatic N) is 2. The Labute approximate surface area is 146 Å². The standard InChI is InChI=1S/C19H21N3O3/c1-14-16(8-5-9-17(14)22(24)25)13-21-11-10-20-19(23)12-18(21)15-6-3-2-4-7-15/h2-9,18H,10-13H2,1H3,(H,20,23)/t18-/m0/s1. The molecule has 1 saturated heterocycles. The van der Waals surface area contributed by atoms with Crippen molar-refractivity contribution >= 4 is 11.6 Å². The molecule has 2 aromatic carbocycles. The second kappa shape index (κ2) is 7.44. The van der Waals surface area contributed by atoms with Crippen LogP contribution < -0.4 is 5.32 Å². The Morgan fingerprint density at radius 1 is 1.20 bits per heavy atom. The van der Waals surface area contributed by atoms with Gasteiger partial charge in [0.15, 0.2) is 0 Å². The van der Waals surface area contributed by atoms with E-state index in [0.29, 0.717) is 31.6 Å². The van der Waals surface area contributed by atoms with Gasteiger partial charge in [0.05, 0.1) is 4.92 Å². The summed E-state index contributed by atoms with van der Waals surface area (Å²) < 4.78 is 0. The molecule has 6 heteroatoms. The van der Waals surface area contributed by atoms with E-state index in [1.807, 2.05) is 36.4 Å². The second-order valence-electron chi connectivity index (χ2n) is 6.27. The zero-order valence-corrected chi connectivity index (χ0v) is 14.1. The molecule has 1 aliphatic heterocycles. The van der Waals surface area contributed by atoms with E-state index in [-0.39, 0.29) is 22.6 Å². The third-order valence-electron chi connectivity index (χ3n) is 4.71. The quantitative estimate of drug-likeness (QED) is 0.686. The molecule has 0 radical (unpaired) electrons. The lowest BCUT2D eigenvalue weighted by molar-refractivity contribution is -0.385. The van der Waals surface area contributed by atoms with Crippen molar-refractivity contribution in [2.24, 2.45) is 0 Å². The summed E-state index contributed by atoms with van der Waals surface area (Å²) in [4.78, 5) is 25.1. The van der Waals surface area contributed by atoms with Crippen LogP contribution in [0, 0.1) is 17.0 Å². The first-order valence-electron chi connectivity index (χ1n) is 8.35. The highest BCUT2D eigenvalue weighted by atomic mass is 16.6. The molecule has 3 rings (SSSR count). The van der Waals surface area contributed by atoms with Crippen molar-refractivity contribution in [3.05, 3.63) is 75.3 Å². The minimum absolute atomic E-state index is 0.0344. The minimum Gasteiger partial charge on any atom is -0.355 e. The SMILES string of the molecule is Cc1c(CN2CCNC(=O)C[C@H]2c2ccccc2)cccc1[N+](=O)[O-]. The Morgan fingerprint density at radius 3 is 2.68 bits per heavy atom. The zero-order valence-electron chi connectivity index (χ0n) is 14.1. The molecule has 1 heterocycles. The van der Waals surface area contributed by atoms with Crippen molar-refractivity contribution in [2.45, 2.75) is 25.9 Å². The molecule has 1 fully saturated rings.